The minimum atomic E-state index is -1.36. The van der Waals surface area contributed by atoms with Crippen LogP contribution in [0.5, 0.6) is 5.75 Å². The van der Waals surface area contributed by atoms with Crippen molar-refractivity contribution < 1.29 is 24.4 Å². The Morgan fingerprint density at radius 2 is 1.88 bits per heavy atom. The molecule has 1 aliphatic heterocycles. The van der Waals surface area contributed by atoms with Crippen molar-refractivity contribution in [1.82, 2.24) is 4.98 Å². The van der Waals surface area contributed by atoms with Crippen LogP contribution in [0.4, 0.5) is 4.39 Å². The number of pyridine rings is 1. The Bertz CT molecular complexity index is 796. The molecule has 25 heavy (non-hydrogen) atoms. The van der Waals surface area contributed by atoms with E-state index in [9.17, 15) is 19.7 Å². The van der Waals surface area contributed by atoms with Crippen molar-refractivity contribution in [3.63, 3.8) is 0 Å². The first-order valence-electron chi connectivity index (χ1n) is 7.48. The molecule has 1 fully saturated rings. The molecule has 0 amide bonds. The number of nitrogens with zero attached hydrogens (tertiary/aromatic N) is 2. The summed E-state index contributed by atoms with van der Waals surface area (Å²) in [5.74, 6) is -0.847. The highest BCUT2D eigenvalue weighted by Gasteiger charge is 2.39. The van der Waals surface area contributed by atoms with Crippen LogP contribution in [-0.4, -0.2) is 49.8 Å². The van der Waals surface area contributed by atoms with Crippen LogP contribution in [0.25, 0.3) is 11.1 Å². The van der Waals surface area contributed by atoms with Crippen LogP contribution in [0.15, 0.2) is 36.5 Å². The fraction of sp³-hybridized carbons (Fsp3) is 0.294. The van der Waals surface area contributed by atoms with E-state index in [1.165, 1.54) is 12.3 Å². The molecule has 3 N–H and O–H groups in total. The quantitative estimate of drug-likeness (QED) is 0.707. The van der Waals surface area contributed by atoms with Gasteiger partial charge in [0.05, 0.1) is 17.7 Å². The predicted molar refractivity (Wildman–Crippen MR) is 89.2 cm³/mol. The summed E-state index contributed by atoms with van der Waals surface area (Å²) >= 11 is 1.08. The van der Waals surface area contributed by atoms with Gasteiger partial charge in [-0.15, -0.1) is 11.8 Å². The second-order valence-corrected chi connectivity index (χ2v) is 6.70. The molecule has 0 bridgehead atoms. The summed E-state index contributed by atoms with van der Waals surface area (Å²) < 4.78 is 19.5. The number of hydrogen-bond donors (Lipinski definition) is 3. The van der Waals surface area contributed by atoms with Crippen molar-refractivity contribution >= 4 is 11.8 Å². The summed E-state index contributed by atoms with van der Waals surface area (Å²) in [4.78, 5) is 3.66. The van der Waals surface area contributed by atoms with E-state index in [2.05, 4.69) is 4.98 Å². The first-order valence-corrected chi connectivity index (χ1v) is 8.53. The Morgan fingerprint density at radius 1 is 1.16 bits per heavy atom. The highest BCUT2D eigenvalue weighted by molar-refractivity contribution is 7.99. The van der Waals surface area contributed by atoms with Gasteiger partial charge in [-0.05, 0) is 23.8 Å². The SMILES string of the molecule is N#Cc1ccc(-c2cnc(F)c(O[C@H]3SC[C@@H](O)[C@H](O)[C@H]3O)c2)cc1. The molecular weight excluding hydrogens is 347 g/mol. The second-order valence-electron chi connectivity index (χ2n) is 5.57. The van der Waals surface area contributed by atoms with E-state index >= 15 is 0 Å². The molecule has 1 saturated heterocycles. The normalized spacial score (nSPS) is 26.0. The van der Waals surface area contributed by atoms with E-state index in [-0.39, 0.29) is 11.5 Å². The molecular formula is C17H15FN2O4S. The number of ether oxygens (including phenoxy) is 1. The van der Waals surface area contributed by atoms with Gasteiger partial charge >= 0.3 is 0 Å². The van der Waals surface area contributed by atoms with Gasteiger partial charge < -0.3 is 20.1 Å². The van der Waals surface area contributed by atoms with Crippen molar-refractivity contribution in [1.29, 1.82) is 5.26 Å². The predicted octanol–water partition coefficient (Wildman–Crippen LogP) is 1.29. The average Bonchev–Trinajstić information content (AvgIpc) is 2.64. The van der Waals surface area contributed by atoms with Gasteiger partial charge in [-0.3, -0.25) is 0 Å². The lowest BCUT2D eigenvalue weighted by Gasteiger charge is -2.34. The number of thioether (sulfide) groups is 1. The zero-order chi connectivity index (χ0) is 18.0. The molecule has 0 spiro atoms. The molecule has 0 radical (unpaired) electrons. The molecule has 8 heteroatoms. The molecule has 2 aromatic rings. The zero-order valence-electron chi connectivity index (χ0n) is 12.9. The minimum absolute atomic E-state index is 0.160. The lowest BCUT2D eigenvalue weighted by molar-refractivity contribution is -0.0790. The topological polar surface area (TPSA) is 107 Å². The summed E-state index contributed by atoms with van der Waals surface area (Å²) in [5.41, 5.74) is 0.885. The van der Waals surface area contributed by atoms with E-state index in [1.807, 2.05) is 6.07 Å². The highest BCUT2D eigenvalue weighted by Crippen LogP contribution is 2.32. The van der Waals surface area contributed by atoms with E-state index in [0.29, 0.717) is 11.1 Å². The Balaban J connectivity index is 1.83. The number of aliphatic hydroxyl groups excluding tert-OH is 3. The minimum Gasteiger partial charge on any atom is -0.472 e. The maximum absolute atomic E-state index is 14.0. The summed E-state index contributed by atoms with van der Waals surface area (Å²) in [6.07, 6.45) is -2.43. The Morgan fingerprint density at radius 3 is 2.56 bits per heavy atom. The van der Waals surface area contributed by atoms with Gasteiger partial charge in [0.2, 0.25) is 0 Å². The molecule has 0 aliphatic carbocycles. The molecule has 2 heterocycles. The fourth-order valence-corrected chi connectivity index (χ4v) is 3.53. The third-order valence-corrected chi connectivity index (χ3v) is 5.09. The Labute approximate surface area is 147 Å². The zero-order valence-corrected chi connectivity index (χ0v) is 13.7. The summed E-state index contributed by atoms with van der Waals surface area (Å²) in [7, 11) is 0. The molecule has 6 nitrogen and oxygen atoms in total. The first kappa shape index (κ1) is 17.6. The summed E-state index contributed by atoms with van der Waals surface area (Å²) in [6.45, 7) is 0. The van der Waals surface area contributed by atoms with Gasteiger partial charge in [-0.1, -0.05) is 12.1 Å². The summed E-state index contributed by atoms with van der Waals surface area (Å²) in [6, 6.07) is 10.1. The first-order chi connectivity index (χ1) is 12.0. The third-order valence-electron chi connectivity index (χ3n) is 3.85. The molecule has 1 aromatic heterocycles. The van der Waals surface area contributed by atoms with Crippen LogP contribution in [0.3, 0.4) is 0 Å². The number of halogens is 1. The number of rotatable bonds is 3. The third kappa shape index (κ3) is 3.75. The number of nitriles is 1. The number of hydrogen-bond acceptors (Lipinski definition) is 7. The largest absolute Gasteiger partial charge is 0.472 e. The van der Waals surface area contributed by atoms with Gasteiger partial charge in [0.1, 0.15) is 12.2 Å². The molecule has 0 unspecified atom stereocenters. The molecule has 1 aliphatic rings. The van der Waals surface area contributed by atoms with Crippen molar-refractivity contribution in [2.75, 3.05) is 5.75 Å². The molecule has 4 atom stereocenters. The van der Waals surface area contributed by atoms with Crippen LogP contribution >= 0.6 is 11.8 Å². The summed E-state index contributed by atoms with van der Waals surface area (Å²) in [5, 5.41) is 38.0. The van der Waals surface area contributed by atoms with E-state index in [0.717, 1.165) is 17.3 Å². The van der Waals surface area contributed by atoms with Gasteiger partial charge in [0.15, 0.2) is 11.2 Å². The van der Waals surface area contributed by atoms with Gasteiger partial charge in [-0.25, -0.2) is 4.98 Å². The van der Waals surface area contributed by atoms with Crippen molar-refractivity contribution in [2.24, 2.45) is 0 Å². The standard InChI is InChI=1S/C17H15FN2O4S/c18-16-13(24-17-15(23)14(22)12(21)8-25-17)5-11(7-20-16)10-3-1-9(6-19)2-4-10/h1-5,7,12,14-15,17,21-23H,8H2/t12-,14+,15-,17+/m1/s1. The molecule has 130 valence electrons. The lowest BCUT2D eigenvalue weighted by atomic mass is 10.1. The van der Waals surface area contributed by atoms with Crippen LogP contribution in [0.2, 0.25) is 0 Å². The van der Waals surface area contributed by atoms with Crippen molar-refractivity contribution in [3.05, 3.63) is 48.0 Å². The van der Waals surface area contributed by atoms with Crippen molar-refractivity contribution in [3.8, 4) is 22.9 Å². The smallest absolute Gasteiger partial charge is 0.255 e. The number of benzene rings is 1. The van der Waals surface area contributed by atoms with E-state index < -0.39 is 29.7 Å². The lowest BCUT2D eigenvalue weighted by Crippen LogP contribution is -2.50. The Kier molecular flexibility index (Phi) is 5.20. The monoisotopic (exact) mass is 362 g/mol. The maximum atomic E-state index is 14.0. The highest BCUT2D eigenvalue weighted by atomic mass is 32.2. The van der Waals surface area contributed by atoms with Gasteiger partial charge in [-0.2, -0.15) is 9.65 Å². The Hall–Kier alpha value is -2.18. The van der Waals surface area contributed by atoms with E-state index in [4.69, 9.17) is 10.00 Å². The van der Waals surface area contributed by atoms with Crippen molar-refractivity contribution in [2.45, 2.75) is 23.7 Å². The molecule has 3 rings (SSSR count). The van der Waals surface area contributed by atoms with Crippen LogP contribution < -0.4 is 4.74 Å². The van der Waals surface area contributed by atoms with Crippen LogP contribution in [-0.2, 0) is 0 Å². The van der Waals surface area contributed by atoms with Gasteiger partial charge in [0, 0.05) is 17.5 Å². The second kappa shape index (κ2) is 7.37. The van der Waals surface area contributed by atoms with Crippen LogP contribution in [0, 0.1) is 17.3 Å². The van der Waals surface area contributed by atoms with Gasteiger partial charge in [0.25, 0.3) is 5.95 Å². The number of aliphatic hydroxyl groups is 3. The van der Waals surface area contributed by atoms with Crippen LogP contribution in [0.1, 0.15) is 5.56 Å². The molecule has 0 saturated carbocycles. The fourth-order valence-electron chi connectivity index (χ4n) is 2.41. The maximum Gasteiger partial charge on any atom is 0.255 e. The molecule has 1 aromatic carbocycles. The number of aromatic nitrogens is 1. The average molecular weight is 362 g/mol. The van der Waals surface area contributed by atoms with E-state index in [1.54, 1.807) is 24.3 Å².